The summed E-state index contributed by atoms with van der Waals surface area (Å²) in [4.78, 5) is 0. The van der Waals surface area contributed by atoms with Crippen LogP contribution in [0.2, 0.25) is 0 Å². The second-order valence-corrected chi connectivity index (χ2v) is 9.74. The number of benzene rings is 2. The Labute approximate surface area is 210 Å². The predicted molar refractivity (Wildman–Crippen MR) is 149 cm³/mol. The van der Waals surface area contributed by atoms with Gasteiger partial charge in [-0.15, -0.1) is 0 Å². The van der Waals surface area contributed by atoms with E-state index in [1.807, 2.05) is 12.1 Å². The normalized spacial score (nSPS) is 10.7. The van der Waals surface area contributed by atoms with Crippen molar-refractivity contribution in [3.63, 3.8) is 0 Å². The SMILES string of the molecule is CCCCc1cc(CCCC)c(O)c(CCCC)c1.CCCCc1ccc(O)c(CCCC)c1. The lowest BCUT2D eigenvalue weighted by atomic mass is 9.95. The second kappa shape index (κ2) is 18.4. The summed E-state index contributed by atoms with van der Waals surface area (Å²) in [5.74, 6) is 1.03. The van der Waals surface area contributed by atoms with Crippen molar-refractivity contribution >= 4 is 0 Å². The average molecular weight is 469 g/mol. The fourth-order valence-electron chi connectivity index (χ4n) is 4.22. The number of rotatable bonds is 15. The van der Waals surface area contributed by atoms with Crippen LogP contribution in [0.15, 0.2) is 30.3 Å². The molecule has 2 aromatic rings. The van der Waals surface area contributed by atoms with Crippen LogP contribution >= 0.6 is 0 Å². The van der Waals surface area contributed by atoms with Crippen molar-refractivity contribution in [1.29, 1.82) is 0 Å². The molecule has 0 amide bonds. The summed E-state index contributed by atoms with van der Waals surface area (Å²) in [5, 5.41) is 20.1. The lowest BCUT2D eigenvalue weighted by Gasteiger charge is -2.13. The van der Waals surface area contributed by atoms with E-state index >= 15 is 0 Å². The van der Waals surface area contributed by atoms with Gasteiger partial charge in [-0.05, 0) is 98.1 Å². The first-order valence-electron chi connectivity index (χ1n) is 14.1. The molecule has 0 aliphatic heterocycles. The van der Waals surface area contributed by atoms with Gasteiger partial charge in [-0.1, -0.05) is 91.0 Å². The number of aryl methyl sites for hydroxylation is 5. The van der Waals surface area contributed by atoms with E-state index in [0.717, 1.165) is 56.9 Å². The Balaban J connectivity index is 0.000000350. The Morgan fingerprint density at radius 1 is 0.471 bits per heavy atom. The number of hydrogen-bond donors (Lipinski definition) is 2. The molecule has 192 valence electrons. The van der Waals surface area contributed by atoms with E-state index in [2.05, 4.69) is 52.8 Å². The first-order chi connectivity index (χ1) is 16.5. The summed E-state index contributed by atoms with van der Waals surface area (Å²) in [7, 11) is 0. The maximum Gasteiger partial charge on any atom is 0.121 e. The average Bonchev–Trinajstić information content (AvgIpc) is 2.85. The highest BCUT2D eigenvalue weighted by Crippen LogP contribution is 2.28. The zero-order valence-electron chi connectivity index (χ0n) is 22.9. The standard InChI is InChI=1S/C18H30O.C14H22O/c1-4-7-10-15-13-16(11-8-5-2)18(19)17(14-15)12-9-6-3;1-3-5-7-12-9-10-14(15)13(11-12)8-6-4-2/h13-14,19H,4-12H2,1-3H3;9-11,15H,3-8H2,1-2H3. The third-order valence-electron chi connectivity index (χ3n) is 6.51. The summed E-state index contributed by atoms with van der Waals surface area (Å²) >= 11 is 0. The number of phenolic OH excluding ortho intramolecular Hbond substituents is 2. The first-order valence-corrected chi connectivity index (χ1v) is 14.1. The maximum atomic E-state index is 10.4. The van der Waals surface area contributed by atoms with Crippen molar-refractivity contribution < 1.29 is 10.2 Å². The van der Waals surface area contributed by atoms with Crippen molar-refractivity contribution in [3.8, 4) is 11.5 Å². The van der Waals surface area contributed by atoms with Crippen molar-refractivity contribution in [2.45, 2.75) is 131 Å². The third kappa shape index (κ3) is 11.4. The molecule has 2 heteroatoms. The Morgan fingerprint density at radius 3 is 1.32 bits per heavy atom. The van der Waals surface area contributed by atoms with E-state index in [4.69, 9.17) is 0 Å². The van der Waals surface area contributed by atoms with Crippen LogP contribution < -0.4 is 0 Å². The van der Waals surface area contributed by atoms with Gasteiger partial charge in [0, 0.05) is 0 Å². The van der Waals surface area contributed by atoms with Gasteiger partial charge in [0.05, 0.1) is 0 Å². The molecule has 0 atom stereocenters. The Morgan fingerprint density at radius 2 is 0.853 bits per heavy atom. The van der Waals surface area contributed by atoms with E-state index in [9.17, 15) is 10.2 Å². The Hall–Kier alpha value is -1.96. The van der Waals surface area contributed by atoms with Gasteiger partial charge in [0.2, 0.25) is 0 Å². The van der Waals surface area contributed by atoms with Crippen LogP contribution in [0, 0.1) is 0 Å². The van der Waals surface area contributed by atoms with Crippen molar-refractivity contribution in [3.05, 3.63) is 58.1 Å². The van der Waals surface area contributed by atoms with Crippen LogP contribution in [-0.4, -0.2) is 10.2 Å². The fourth-order valence-corrected chi connectivity index (χ4v) is 4.22. The molecule has 2 nitrogen and oxygen atoms in total. The first kappa shape index (κ1) is 30.1. The molecular formula is C32H52O2. The monoisotopic (exact) mass is 468 g/mol. The maximum absolute atomic E-state index is 10.4. The van der Waals surface area contributed by atoms with Gasteiger partial charge in [-0.2, -0.15) is 0 Å². The van der Waals surface area contributed by atoms with Crippen LogP contribution in [-0.2, 0) is 32.1 Å². The summed E-state index contributed by atoms with van der Waals surface area (Å²) < 4.78 is 0. The molecule has 2 N–H and O–H groups in total. The topological polar surface area (TPSA) is 40.5 Å². The van der Waals surface area contributed by atoms with E-state index in [1.54, 1.807) is 0 Å². The molecule has 2 aromatic carbocycles. The van der Waals surface area contributed by atoms with Crippen LogP contribution in [0.25, 0.3) is 0 Å². The molecule has 0 fully saturated rings. The zero-order chi connectivity index (χ0) is 25.2. The molecule has 0 aliphatic rings. The second-order valence-electron chi connectivity index (χ2n) is 9.74. The number of unbranched alkanes of at least 4 members (excludes halogenated alkanes) is 5. The smallest absolute Gasteiger partial charge is 0.121 e. The molecule has 34 heavy (non-hydrogen) atoms. The van der Waals surface area contributed by atoms with Gasteiger partial charge in [0.1, 0.15) is 11.5 Å². The van der Waals surface area contributed by atoms with E-state index in [-0.39, 0.29) is 0 Å². The van der Waals surface area contributed by atoms with Gasteiger partial charge < -0.3 is 10.2 Å². The summed E-state index contributed by atoms with van der Waals surface area (Å²) in [6.45, 7) is 11.0. The molecule has 0 saturated carbocycles. The molecule has 0 radical (unpaired) electrons. The minimum atomic E-state index is 0.462. The number of aromatic hydroxyl groups is 2. The van der Waals surface area contributed by atoms with Crippen molar-refractivity contribution in [2.75, 3.05) is 0 Å². The quantitative estimate of drug-likeness (QED) is 0.273. The minimum Gasteiger partial charge on any atom is -0.508 e. The minimum absolute atomic E-state index is 0.462. The van der Waals surface area contributed by atoms with E-state index < -0.39 is 0 Å². The third-order valence-corrected chi connectivity index (χ3v) is 6.51. The van der Waals surface area contributed by atoms with Gasteiger partial charge in [-0.3, -0.25) is 0 Å². The molecule has 0 bridgehead atoms. The van der Waals surface area contributed by atoms with E-state index in [1.165, 1.54) is 67.2 Å². The molecular weight excluding hydrogens is 416 g/mol. The molecule has 2 rings (SSSR count). The van der Waals surface area contributed by atoms with Crippen LogP contribution in [0.1, 0.15) is 127 Å². The van der Waals surface area contributed by atoms with E-state index in [0.29, 0.717) is 11.5 Å². The predicted octanol–water partition coefficient (Wildman–Crippen LogP) is 9.50. The highest BCUT2D eigenvalue weighted by molar-refractivity contribution is 5.44. The van der Waals surface area contributed by atoms with Crippen LogP contribution in [0.4, 0.5) is 0 Å². The molecule has 0 aliphatic carbocycles. The molecule has 0 saturated heterocycles. The van der Waals surface area contributed by atoms with Gasteiger partial charge >= 0.3 is 0 Å². The largest absolute Gasteiger partial charge is 0.508 e. The highest BCUT2D eigenvalue weighted by Gasteiger charge is 2.09. The molecule has 0 spiro atoms. The van der Waals surface area contributed by atoms with Gasteiger partial charge in [0.15, 0.2) is 0 Å². The summed E-state index contributed by atoms with van der Waals surface area (Å²) in [5.41, 5.74) is 6.23. The van der Waals surface area contributed by atoms with Crippen LogP contribution in [0.5, 0.6) is 11.5 Å². The Kier molecular flexibility index (Phi) is 16.3. The fraction of sp³-hybridized carbons (Fsp3) is 0.625. The van der Waals surface area contributed by atoms with Crippen molar-refractivity contribution in [1.82, 2.24) is 0 Å². The van der Waals surface area contributed by atoms with Gasteiger partial charge in [-0.25, -0.2) is 0 Å². The Bertz CT molecular complexity index is 765. The van der Waals surface area contributed by atoms with Gasteiger partial charge in [0.25, 0.3) is 0 Å². The number of phenols is 2. The molecule has 0 heterocycles. The lowest BCUT2D eigenvalue weighted by molar-refractivity contribution is 0.458. The highest BCUT2D eigenvalue weighted by atomic mass is 16.3. The number of hydrogen-bond acceptors (Lipinski definition) is 2. The van der Waals surface area contributed by atoms with Crippen LogP contribution in [0.3, 0.4) is 0 Å². The zero-order valence-corrected chi connectivity index (χ0v) is 22.9. The summed E-state index contributed by atoms with van der Waals surface area (Å²) in [6, 6.07) is 10.5. The lowest BCUT2D eigenvalue weighted by Crippen LogP contribution is -1.97. The molecule has 0 aromatic heterocycles. The molecule has 0 unspecified atom stereocenters. The van der Waals surface area contributed by atoms with Crippen molar-refractivity contribution in [2.24, 2.45) is 0 Å². The summed E-state index contributed by atoms with van der Waals surface area (Å²) in [6.07, 6.45) is 17.3.